The average molecular weight is 289 g/mol. The van der Waals surface area contributed by atoms with Gasteiger partial charge in [0.1, 0.15) is 12.0 Å². The van der Waals surface area contributed by atoms with Gasteiger partial charge in [-0.05, 0) is 19.1 Å². The molecular weight excluding hydrogens is 274 g/mol. The molecule has 0 bridgehead atoms. The van der Waals surface area contributed by atoms with E-state index < -0.39 is 0 Å². The summed E-state index contributed by atoms with van der Waals surface area (Å²) in [5.41, 5.74) is 3.53. The Labute approximate surface area is 129 Å². The molecule has 3 rings (SSSR count). The molecule has 0 fully saturated rings. The molecule has 1 aliphatic rings. The molecule has 0 saturated heterocycles. The van der Waals surface area contributed by atoms with E-state index in [0.717, 1.165) is 28.7 Å². The Morgan fingerprint density at radius 1 is 0.909 bits per heavy atom. The van der Waals surface area contributed by atoms with Crippen molar-refractivity contribution in [2.45, 2.75) is 6.92 Å². The second-order valence-corrected chi connectivity index (χ2v) is 4.89. The number of ether oxygens (including phenoxy) is 1. The van der Waals surface area contributed by atoms with Crippen LogP contribution >= 0.6 is 0 Å². The molecule has 2 aromatic rings. The highest BCUT2D eigenvalue weighted by atomic mass is 16.5. The summed E-state index contributed by atoms with van der Waals surface area (Å²) in [5, 5.41) is 0. The Balaban J connectivity index is 2.15. The maximum absolute atomic E-state index is 10.9. The molecule has 0 atom stereocenters. The Morgan fingerprint density at radius 3 is 2.09 bits per heavy atom. The molecule has 0 unspecified atom stereocenters. The maximum Gasteiger partial charge on any atom is 0.227 e. The molecule has 22 heavy (non-hydrogen) atoms. The SMILES string of the molecule is CC1=C(c2ccccc2)N=C(c2ccccc2)OC1=CC=O. The number of hydrogen-bond acceptors (Lipinski definition) is 3. The summed E-state index contributed by atoms with van der Waals surface area (Å²) in [4.78, 5) is 15.5. The fourth-order valence-electron chi connectivity index (χ4n) is 2.31. The number of aliphatic imine (C=N–C) groups is 1. The molecule has 2 aromatic carbocycles. The van der Waals surface area contributed by atoms with Crippen molar-refractivity contribution in [1.82, 2.24) is 0 Å². The van der Waals surface area contributed by atoms with E-state index in [1.165, 1.54) is 6.08 Å². The van der Waals surface area contributed by atoms with E-state index in [1.807, 2.05) is 67.6 Å². The molecule has 0 amide bonds. The van der Waals surface area contributed by atoms with E-state index in [4.69, 9.17) is 4.74 Å². The van der Waals surface area contributed by atoms with Crippen LogP contribution in [0, 0.1) is 0 Å². The van der Waals surface area contributed by atoms with Crippen molar-refractivity contribution < 1.29 is 9.53 Å². The normalized spacial score (nSPS) is 16.2. The van der Waals surface area contributed by atoms with Gasteiger partial charge >= 0.3 is 0 Å². The van der Waals surface area contributed by atoms with Gasteiger partial charge in [0.05, 0.1) is 5.70 Å². The number of aldehydes is 1. The minimum Gasteiger partial charge on any atom is -0.438 e. The highest BCUT2D eigenvalue weighted by Crippen LogP contribution is 2.31. The molecule has 1 aliphatic heterocycles. The lowest BCUT2D eigenvalue weighted by Crippen LogP contribution is -2.13. The van der Waals surface area contributed by atoms with E-state index >= 15 is 0 Å². The highest BCUT2D eigenvalue weighted by molar-refractivity contribution is 6.01. The van der Waals surface area contributed by atoms with Crippen LogP contribution in [0.4, 0.5) is 0 Å². The molecule has 0 aromatic heterocycles. The van der Waals surface area contributed by atoms with Crippen LogP contribution in [0.5, 0.6) is 0 Å². The lowest BCUT2D eigenvalue weighted by Gasteiger charge is -2.20. The monoisotopic (exact) mass is 289 g/mol. The third-order valence-corrected chi connectivity index (χ3v) is 3.43. The van der Waals surface area contributed by atoms with Crippen molar-refractivity contribution in [2.24, 2.45) is 4.99 Å². The van der Waals surface area contributed by atoms with Crippen molar-refractivity contribution in [3.05, 3.63) is 89.2 Å². The van der Waals surface area contributed by atoms with Crippen molar-refractivity contribution in [1.29, 1.82) is 0 Å². The van der Waals surface area contributed by atoms with Gasteiger partial charge < -0.3 is 4.74 Å². The fourth-order valence-corrected chi connectivity index (χ4v) is 2.31. The number of benzene rings is 2. The lowest BCUT2D eigenvalue weighted by atomic mass is 10.0. The predicted molar refractivity (Wildman–Crippen MR) is 87.2 cm³/mol. The van der Waals surface area contributed by atoms with Gasteiger partial charge in [-0.15, -0.1) is 0 Å². The first-order valence-electron chi connectivity index (χ1n) is 7.03. The van der Waals surface area contributed by atoms with Crippen LogP contribution in [0.1, 0.15) is 18.1 Å². The smallest absolute Gasteiger partial charge is 0.227 e. The predicted octanol–water partition coefficient (Wildman–Crippen LogP) is 3.98. The quantitative estimate of drug-likeness (QED) is 0.633. The first-order chi connectivity index (χ1) is 10.8. The van der Waals surface area contributed by atoms with Crippen molar-refractivity contribution in [3.8, 4) is 0 Å². The van der Waals surface area contributed by atoms with Crippen molar-refractivity contribution in [2.75, 3.05) is 0 Å². The van der Waals surface area contributed by atoms with Gasteiger partial charge in [0.2, 0.25) is 5.90 Å². The average Bonchev–Trinajstić information content (AvgIpc) is 2.58. The summed E-state index contributed by atoms with van der Waals surface area (Å²) in [7, 11) is 0. The zero-order chi connectivity index (χ0) is 15.4. The molecule has 108 valence electrons. The topological polar surface area (TPSA) is 38.7 Å². The molecule has 3 nitrogen and oxygen atoms in total. The van der Waals surface area contributed by atoms with Gasteiger partial charge in [-0.2, -0.15) is 0 Å². The molecule has 0 radical (unpaired) electrons. The maximum atomic E-state index is 10.9. The van der Waals surface area contributed by atoms with E-state index in [1.54, 1.807) is 0 Å². The van der Waals surface area contributed by atoms with Crippen LogP contribution in [0.15, 0.2) is 83.1 Å². The molecular formula is C19H15NO2. The minimum absolute atomic E-state index is 0.498. The van der Waals surface area contributed by atoms with Crippen LogP contribution in [-0.4, -0.2) is 12.2 Å². The van der Waals surface area contributed by atoms with E-state index in [2.05, 4.69) is 4.99 Å². The second kappa shape index (κ2) is 6.22. The molecule has 0 aliphatic carbocycles. The first kappa shape index (κ1) is 14.0. The second-order valence-electron chi connectivity index (χ2n) is 4.89. The number of rotatable bonds is 3. The van der Waals surface area contributed by atoms with Crippen molar-refractivity contribution in [3.63, 3.8) is 0 Å². The van der Waals surface area contributed by atoms with E-state index in [-0.39, 0.29) is 0 Å². The zero-order valence-corrected chi connectivity index (χ0v) is 12.2. The van der Waals surface area contributed by atoms with Crippen LogP contribution < -0.4 is 0 Å². The third-order valence-electron chi connectivity index (χ3n) is 3.43. The standard InChI is InChI=1S/C19H15NO2/c1-14-17(12-13-21)22-19(16-10-6-3-7-11-16)20-18(14)15-8-4-2-5-9-15/h2-13H,1H3. The van der Waals surface area contributed by atoms with Gasteiger partial charge in [-0.25, -0.2) is 4.99 Å². The molecule has 0 saturated carbocycles. The van der Waals surface area contributed by atoms with Gasteiger partial charge in [0.15, 0.2) is 0 Å². The van der Waals surface area contributed by atoms with E-state index in [0.29, 0.717) is 11.7 Å². The fraction of sp³-hybridized carbons (Fsp3) is 0.0526. The van der Waals surface area contributed by atoms with Gasteiger partial charge in [0, 0.05) is 22.8 Å². The Kier molecular flexibility index (Phi) is 3.97. The Hall–Kier alpha value is -2.94. The van der Waals surface area contributed by atoms with Crippen LogP contribution in [0.25, 0.3) is 5.70 Å². The summed E-state index contributed by atoms with van der Waals surface area (Å²) in [6.07, 6.45) is 2.16. The van der Waals surface area contributed by atoms with Crippen LogP contribution in [0.2, 0.25) is 0 Å². The lowest BCUT2D eigenvalue weighted by molar-refractivity contribution is -0.104. The molecule has 3 heteroatoms. The first-order valence-corrected chi connectivity index (χ1v) is 7.03. The number of allylic oxidation sites excluding steroid dienone is 2. The van der Waals surface area contributed by atoms with Crippen molar-refractivity contribution >= 4 is 17.9 Å². The summed E-state index contributed by atoms with van der Waals surface area (Å²) in [5.74, 6) is 1.03. The Morgan fingerprint density at radius 2 is 1.50 bits per heavy atom. The van der Waals surface area contributed by atoms with Crippen LogP contribution in [0.3, 0.4) is 0 Å². The Bertz CT molecular complexity index is 772. The number of carbonyl (C=O) groups is 1. The number of hydrogen-bond donors (Lipinski definition) is 0. The summed E-state index contributed by atoms with van der Waals surface area (Å²) >= 11 is 0. The third kappa shape index (κ3) is 2.74. The van der Waals surface area contributed by atoms with Crippen LogP contribution in [-0.2, 0) is 9.53 Å². The largest absolute Gasteiger partial charge is 0.438 e. The number of nitrogens with zero attached hydrogens (tertiary/aromatic N) is 1. The highest BCUT2D eigenvalue weighted by Gasteiger charge is 2.20. The number of carbonyl (C=O) groups excluding carboxylic acids is 1. The summed E-state index contributed by atoms with van der Waals surface area (Å²) in [6.45, 7) is 1.91. The van der Waals surface area contributed by atoms with Gasteiger partial charge in [0.25, 0.3) is 0 Å². The zero-order valence-electron chi connectivity index (χ0n) is 12.2. The van der Waals surface area contributed by atoms with Gasteiger partial charge in [-0.1, -0.05) is 48.5 Å². The minimum atomic E-state index is 0.498. The molecule has 0 N–H and O–H groups in total. The van der Waals surface area contributed by atoms with Gasteiger partial charge in [-0.3, -0.25) is 4.79 Å². The summed E-state index contributed by atoms with van der Waals surface area (Å²) in [6, 6.07) is 19.5. The molecule has 1 heterocycles. The summed E-state index contributed by atoms with van der Waals surface area (Å²) < 4.78 is 5.80. The van der Waals surface area contributed by atoms with E-state index in [9.17, 15) is 4.79 Å². The molecule has 0 spiro atoms.